The van der Waals surface area contributed by atoms with Gasteiger partial charge in [0.05, 0.1) is 16.8 Å². The van der Waals surface area contributed by atoms with Crippen LogP contribution >= 0.6 is 11.6 Å². The number of rotatable bonds is 5. The second-order valence-electron chi connectivity index (χ2n) is 7.82. The van der Waals surface area contributed by atoms with Crippen molar-refractivity contribution in [1.29, 1.82) is 0 Å². The van der Waals surface area contributed by atoms with Gasteiger partial charge in [-0.3, -0.25) is 0 Å². The van der Waals surface area contributed by atoms with E-state index in [1.54, 1.807) is 24.3 Å². The van der Waals surface area contributed by atoms with Crippen LogP contribution in [0.1, 0.15) is 17.8 Å². The third-order valence-corrected chi connectivity index (χ3v) is 5.90. The predicted octanol–water partition coefficient (Wildman–Crippen LogP) is 6.33. The number of hydrogen-bond acceptors (Lipinski definition) is 4. The van der Waals surface area contributed by atoms with Crippen molar-refractivity contribution in [1.82, 2.24) is 9.78 Å². The zero-order chi connectivity index (χ0) is 23.7. The van der Waals surface area contributed by atoms with Gasteiger partial charge >= 0.3 is 6.18 Å². The van der Waals surface area contributed by atoms with Gasteiger partial charge < -0.3 is 14.2 Å². The Morgan fingerprint density at radius 1 is 1.00 bits per heavy atom. The van der Waals surface area contributed by atoms with E-state index in [2.05, 4.69) is 5.10 Å². The molecule has 5 nitrogen and oxygen atoms in total. The summed E-state index contributed by atoms with van der Waals surface area (Å²) in [6.45, 7) is 0.936. The molecule has 0 bridgehead atoms. The number of fused-ring (bicyclic) bond motifs is 1. The summed E-state index contributed by atoms with van der Waals surface area (Å²) in [6, 6.07) is 14.0. The summed E-state index contributed by atoms with van der Waals surface area (Å²) < 4.78 is 58.2. The van der Waals surface area contributed by atoms with E-state index in [0.717, 1.165) is 17.2 Å². The van der Waals surface area contributed by atoms with E-state index in [0.29, 0.717) is 42.6 Å². The maximum Gasteiger partial charge on any atom is 0.435 e. The van der Waals surface area contributed by atoms with Gasteiger partial charge in [0.1, 0.15) is 25.6 Å². The van der Waals surface area contributed by atoms with Gasteiger partial charge in [0.15, 0.2) is 17.2 Å². The number of allylic oxidation sites excluding steroid dienone is 4. The summed E-state index contributed by atoms with van der Waals surface area (Å²) in [4.78, 5) is 0. The number of halogens is 4. The van der Waals surface area contributed by atoms with Crippen molar-refractivity contribution in [2.45, 2.75) is 24.6 Å². The highest BCUT2D eigenvalue weighted by atomic mass is 35.5. The summed E-state index contributed by atoms with van der Waals surface area (Å²) in [5.74, 6) is 1.93. The summed E-state index contributed by atoms with van der Waals surface area (Å²) in [5.41, 5.74) is 1.65. The standard InChI is InChI=1S/C25H20ClF3N2O3/c26-20-3-1-2-4-21(20)31-18(14-24(30-31)25(27,28)29)15-34-19-8-5-16(6-9-19)17-7-10-22-23(13-17)33-12-11-32-22/h1-2,4-10,13-14,20H,3,11-12,15H2. The molecule has 9 heteroatoms. The number of aromatic nitrogens is 2. The molecule has 176 valence electrons. The van der Waals surface area contributed by atoms with Crippen LogP contribution in [0.2, 0.25) is 0 Å². The highest BCUT2D eigenvalue weighted by molar-refractivity contribution is 6.25. The molecule has 2 aliphatic rings. The molecule has 34 heavy (non-hydrogen) atoms. The summed E-state index contributed by atoms with van der Waals surface area (Å²) in [7, 11) is 0. The highest BCUT2D eigenvalue weighted by Crippen LogP contribution is 2.35. The molecule has 3 aromatic rings. The number of hydrogen-bond donors (Lipinski definition) is 0. The Morgan fingerprint density at radius 2 is 1.74 bits per heavy atom. The van der Waals surface area contributed by atoms with Crippen molar-refractivity contribution in [2.24, 2.45) is 0 Å². The minimum atomic E-state index is -4.57. The molecule has 0 N–H and O–H groups in total. The van der Waals surface area contributed by atoms with E-state index in [1.165, 1.54) is 4.68 Å². The number of nitrogens with zero attached hydrogens (tertiary/aromatic N) is 2. The largest absolute Gasteiger partial charge is 0.487 e. The van der Waals surface area contributed by atoms with Crippen molar-refractivity contribution >= 4 is 17.3 Å². The molecule has 1 aromatic heterocycles. The van der Waals surface area contributed by atoms with E-state index in [1.807, 2.05) is 36.4 Å². The molecule has 0 amide bonds. The lowest BCUT2D eigenvalue weighted by molar-refractivity contribution is -0.141. The molecule has 0 radical (unpaired) electrons. The quantitative estimate of drug-likeness (QED) is 0.394. The SMILES string of the molecule is FC(F)(F)c1cc(COc2ccc(-c3ccc4c(c3)OCCO4)cc2)n(C2=CC=CCC2Cl)n1. The molecule has 2 heterocycles. The van der Waals surface area contributed by atoms with Gasteiger partial charge in [-0.05, 0) is 54.0 Å². The van der Waals surface area contributed by atoms with Crippen LogP contribution in [0.5, 0.6) is 17.2 Å². The van der Waals surface area contributed by atoms with Gasteiger partial charge in [0, 0.05) is 0 Å². The van der Waals surface area contributed by atoms with E-state index >= 15 is 0 Å². The number of alkyl halides is 4. The lowest BCUT2D eigenvalue weighted by Crippen LogP contribution is -2.16. The Morgan fingerprint density at radius 3 is 2.47 bits per heavy atom. The zero-order valence-corrected chi connectivity index (χ0v) is 18.6. The fourth-order valence-electron chi connectivity index (χ4n) is 3.80. The second kappa shape index (κ2) is 9.10. The normalized spacial score (nSPS) is 17.4. The average molecular weight is 489 g/mol. The maximum atomic E-state index is 13.3. The first kappa shape index (κ1) is 22.4. The molecule has 1 aliphatic heterocycles. The zero-order valence-electron chi connectivity index (χ0n) is 17.9. The number of ether oxygens (including phenoxy) is 3. The predicted molar refractivity (Wildman–Crippen MR) is 122 cm³/mol. The summed E-state index contributed by atoms with van der Waals surface area (Å²) in [6.07, 6.45) is 1.22. The van der Waals surface area contributed by atoms with E-state index in [-0.39, 0.29) is 12.3 Å². The first-order valence-corrected chi connectivity index (χ1v) is 11.1. The fraction of sp³-hybridized carbons (Fsp3) is 0.240. The molecule has 2 aromatic carbocycles. The summed E-state index contributed by atoms with van der Waals surface area (Å²) in [5, 5.41) is 3.28. The number of benzene rings is 2. The Hall–Kier alpha value is -3.39. The minimum Gasteiger partial charge on any atom is -0.487 e. The third-order valence-electron chi connectivity index (χ3n) is 5.50. The monoisotopic (exact) mass is 488 g/mol. The van der Waals surface area contributed by atoms with E-state index in [9.17, 15) is 13.2 Å². The van der Waals surface area contributed by atoms with Crippen molar-refractivity contribution in [3.8, 4) is 28.4 Å². The maximum absolute atomic E-state index is 13.3. The lowest BCUT2D eigenvalue weighted by Gasteiger charge is -2.19. The smallest absolute Gasteiger partial charge is 0.435 e. The van der Waals surface area contributed by atoms with E-state index in [4.69, 9.17) is 25.8 Å². The van der Waals surface area contributed by atoms with E-state index < -0.39 is 17.2 Å². The Labute approximate surface area is 199 Å². The van der Waals surface area contributed by atoms with Crippen LogP contribution in [0.25, 0.3) is 16.8 Å². The van der Waals surface area contributed by atoms with Gasteiger partial charge in [-0.2, -0.15) is 18.3 Å². The van der Waals surface area contributed by atoms with Gasteiger partial charge in [0.25, 0.3) is 0 Å². The van der Waals surface area contributed by atoms with Crippen molar-refractivity contribution in [3.63, 3.8) is 0 Å². The Balaban J connectivity index is 1.34. The van der Waals surface area contributed by atoms with Crippen LogP contribution in [0, 0.1) is 0 Å². The minimum absolute atomic E-state index is 0.100. The van der Waals surface area contributed by atoms with Crippen molar-refractivity contribution in [3.05, 3.63) is 78.1 Å². The van der Waals surface area contributed by atoms with Crippen LogP contribution in [0.3, 0.4) is 0 Å². The topological polar surface area (TPSA) is 45.5 Å². The highest BCUT2D eigenvalue weighted by Gasteiger charge is 2.36. The lowest BCUT2D eigenvalue weighted by atomic mass is 10.0. The van der Waals surface area contributed by atoms with Gasteiger partial charge in [-0.15, -0.1) is 11.6 Å². The molecular formula is C25H20ClF3N2O3. The molecular weight excluding hydrogens is 469 g/mol. The Kier molecular flexibility index (Phi) is 6.00. The van der Waals surface area contributed by atoms with Crippen molar-refractivity contribution < 1.29 is 27.4 Å². The van der Waals surface area contributed by atoms with Crippen LogP contribution < -0.4 is 14.2 Å². The molecule has 1 atom stereocenters. The Bertz CT molecular complexity index is 1250. The summed E-state index contributed by atoms with van der Waals surface area (Å²) >= 11 is 6.33. The molecule has 1 aliphatic carbocycles. The average Bonchev–Trinajstić information content (AvgIpc) is 3.28. The van der Waals surface area contributed by atoms with Gasteiger partial charge in [-0.1, -0.05) is 30.4 Å². The molecule has 5 rings (SSSR count). The molecule has 0 saturated heterocycles. The first-order chi connectivity index (χ1) is 16.4. The second-order valence-corrected chi connectivity index (χ2v) is 8.35. The van der Waals surface area contributed by atoms with Crippen LogP contribution in [0.4, 0.5) is 13.2 Å². The molecule has 0 spiro atoms. The first-order valence-electron chi connectivity index (χ1n) is 10.7. The third kappa shape index (κ3) is 4.63. The van der Waals surface area contributed by atoms with Crippen LogP contribution in [0.15, 0.2) is 66.8 Å². The van der Waals surface area contributed by atoms with Crippen molar-refractivity contribution in [2.75, 3.05) is 13.2 Å². The molecule has 1 unspecified atom stereocenters. The van der Waals surface area contributed by atoms with Crippen LogP contribution in [-0.4, -0.2) is 28.4 Å². The van der Waals surface area contributed by atoms with Crippen LogP contribution in [-0.2, 0) is 12.8 Å². The fourth-order valence-corrected chi connectivity index (χ4v) is 4.07. The molecule has 0 fully saturated rings. The molecule has 0 saturated carbocycles. The van der Waals surface area contributed by atoms with Gasteiger partial charge in [-0.25, -0.2) is 4.68 Å². The van der Waals surface area contributed by atoms with Gasteiger partial charge in [0.2, 0.25) is 0 Å².